The number of benzene rings is 2. The minimum Gasteiger partial charge on any atom is -0.303 e. The van der Waals surface area contributed by atoms with Gasteiger partial charge in [-0.25, -0.2) is 0 Å². The number of carbonyl (C=O) groups excluding carboxylic acids is 2. The predicted octanol–water partition coefficient (Wildman–Crippen LogP) is 4.98. The lowest BCUT2D eigenvalue weighted by Gasteiger charge is -2.10. The summed E-state index contributed by atoms with van der Waals surface area (Å²) in [7, 11) is 0. The van der Waals surface area contributed by atoms with E-state index in [1.807, 2.05) is 64.1 Å². The molecule has 23 heavy (non-hydrogen) atoms. The highest BCUT2D eigenvalue weighted by Gasteiger charge is 2.10. The van der Waals surface area contributed by atoms with Crippen LogP contribution in [0.1, 0.15) is 38.2 Å². The Kier molecular flexibility index (Phi) is 7.90. The first kappa shape index (κ1) is 19.3. The molecular formula is C20H23BrO2. The molecule has 0 aliphatic carbocycles. The highest BCUT2D eigenvalue weighted by atomic mass is 79.9. The third-order valence-corrected chi connectivity index (χ3v) is 4.54. The molecule has 0 saturated carbocycles. The van der Waals surface area contributed by atoms with Gasteiger partial charge in [-0.05, 0) is 61.1 Å². The fourth-order valence-corrected chi connectivity index (χ4v) is 3.31. The summed E-state index contributed by atoms with van der Waals surface area (Å²) in [5.41, 5.74) is 6.98. The lowest BCUT2D eigenvalue weighted by molar-refractivity contribution is -0.108. The molecule has 0 aliphatic heterocycles. The molecule has 0 fully saturated rings. The molecule has 0 saturated heterocycles. The number of aldehydes is 2. The fraction of sp³-hybridized carbons (Fsp3) is 0.300. The molecule has 1 unspecified atom stereocenters. The second-order valence-corrected chi connectivity index (χ2v) is 6.57. The second-order valence-electron chi connectivity index (χ2n) is 5.58. The third kappa shape index (κ3) is 5.43. The number of rotatable bonds is 4. The first-order chi connectivity index (χ1) is 10.9. The molecular weight excluding hydrogens is 352 g/mol. The van der Waals surface area contributed by atoms with Gasteiger partial charge in [-0.3, -0.25) is 0 Å². The highest BCUT2D eigenvalue weighted by Crippen LogP contribution is 2.26. The first-order valence-corrected chi connectivity index (χ1v) is 8.48. The Labute approximate surface area is 147 Å². The summed E-state index contributed by atoms with van der Waals surface area (Å²) in [5, 5.41) is 0. The maximum atomic E-state index is 10.6. The van der Waals surface area contributed by atoms with Crippen molar-refractivity contribution in [3.05, 3.63) is 69.8 Å². The van der Waals surface area contributed by atoms with Crippen molar-refractivity contribution in [2.24, 2.45) is 0 Å². The van der Waals surface area contributed by atoms with Gasteiger partial charge in [0.05, 0.1) is 4.83 Å². The van der Waals surface area contributed by atoms with E-state index < -0.39 is 0 Å². The van der Waals surface area contributed by atoms with Gasteiger partial charge >= 0.3 is 0 Å². The van der Waals surface area contributed by atoms with E-state index in [1.54, 1.807) is 0 Å². The zero-order valence-corrected chi connectivity index (χ0v) is 15.7. The van der Waals surface area contributed by atoms with Crippen LogP contribution in [0.4, 0.5) is 0 Å². The van der Waals surface area contributed by atoms with Gasteiger partial charge in [0.15, 0.2) is 0 Å². The minimum absolute atomic E-state index is 0.168. The van der Waals surface area contributed by atoms with Crippen molar-refractivity contribution in [1.82, 2.24) is 0 Å². The number of hydrogen-bond donors (Lipinski definition) is 0. The Hall–Kier alpha value is -1.74. The number of aryl methyl sites for hydroxylation is 4. The average Bonchev–Trinajstić information content (AvgIpc) is 2.51. The molecule has 0 amide bonds. The van der Waals surface area contributed by atoms with Crippen LogP contribution in [-0.4, -0.2) is 12.6 Å². The van der Waals surface area contributed by atoms with Crippen molar-refractivity contribution in [3.63, 3.8) is 0 Å². The Bertz CT molecular complexity index is 637. The maximum absolute atomic E-state index is 10.6. The van der Waals surface area contributed by atoms with Gasteiger partial charge in [-0.2, -0.15) is 0 Å². The van der Waals surface area contributed by atoms with Crippen LogP contribution in [-0.2, 0) is 16.0 Å². The molecule has 0 spiro atoms. The summed E-state index contributed by atoms with van der Waals surface area (Å²) < 4.78 is 0. The third-order valence-electron chi connectivity index (χ3n) is 3.87. The van der Waals surface area contributed by atoms with Crippen LogP contribution in [0.3, 0.4) is 0 Å². The van der Waals surface area contributed by atoms with Crippen molar-refractivity contribution in [1.29, 1.82) is 0 Å². The quantitative estimate of drug-likeness (QED) is 0.558. The molecule has 0 heterocycles. The molecule has 0 aliphatic rings. The van der Waals surface area contributed by atoms with Crippen LogP contribution in [0.2, 0.25) is 0 Å². The number of hydrogen-bond acceptors (Lipinski definition) is 2. The molecule has 1 atom stereocenters. The van der Waals surface area contributed by atoms with Gasteiger partial charge < -0.3 is 9.59 Å². The number of alkyl halides is 1. The van der Waals surface area contributed by atoms with E-state index in [9.17, 15) is 9.59 Å². The summed E-state index contributed by atoms with van der Waals surface area (Å²) >= 11 is 3.32. The normalized spacial score (nSPS) is 11.2. The molecule has 2 rings (SSSR count). The lowest BCUT2D eigenvalue weighted by atomic mass is 10.0. The van der Waals surface area contributed by atoms with Crippen molar-refractivity contribution >= 4 is 28.5 Å². The number of halogens is 1. The molecule has 2 nitrogen and oxygen atoms in total. The molecule has 0 aromatic heterocycles. The van der Waals surface area contributed by atoms with Crippen LogP contribution >= 0.6 is 15.9 Å². The first-order valence-electron chi connectivity index (χ1n) is 7.56. The Morgan fingerprint density at radius 3 is 1.70 bits per heavy atom. The van der Waals surface area contributed by atoms with Crippen molar-refractivity contribution in [3.8, 4) is 0 Å². The topological polar surface area (TPSA) is 34.1 Å². The summed E-state index contributed by atoms with van der Waals surface area (Å²) in [6, 6.07) is 12.1. The van der Waals surface area contributed by atoms with Crippen LogP contribution < -0.4 is 0 Å². The Balaban J connectivity index is 0.000000231. The van der Waals surface area contributed by atoms with Crippen LogP contribution in [0.15, 0.2) is 36.4 Å². The van der Waals surface area contributed by atoms with E-state index >= 15 is 0 Å². The SMILES string of the molecule is Cc1cccc(C)c1C(Br)C=O.Cc1cccc(C)c1CC=O. The largest absolute Gasteiger partial charge is 0.303 e. The van der Waals surface area contributed by atoms with E-state index in [4.69, 9.17) is 0 Å². The van der Waals surface area contributed by atoms with E-state index in [-0.39, 0.29) is 4.83 Å². The summed E-state index contributed by atoms with van der Waals surface area (Å²) in [6.07, 6.45) is 2.41. The van der Waals surface area contributed by atoms with Gasteiger partial charge in [0.1, 0.15) is 12.6 Å². The molecule has 0 bridgehead atoms. The van der Waals surface area contributed by atoms with Gasteiger partial charge in [0.25, 0.3) is 0 Å². The molecule has 2 aromatic rings. The zero-order valence-electron chi connectivity index (χ0n) is 14.1. The number of carbonyl (C=O) groups is 2. The van der Waals surface area contributed by atoms with Crippen molar-refractivity contribution < 1.29 is 9.59 Å². The lowest BCUT2D eigenvalue weighted by Crippen LogP contribution is -1.97. The average molecular weight is 375 g/mol. The van der Waals surface area contributed by atoms with Gasteiger partial charge in [0.2, 0.25) is 0 Å². The standard InChI is InChI=1S/C10H11BrO.C10H12O/c1-7-4-3-5-8(2)10(7)9(11)6-12;1-8-4-3-5-9(2)10(8)6-7-11/h3-6,9H,1-2H3;3-5,7H,6H2,1-2H3. The summed E-state index contributed by atoms with van der Waals surface area (Å²) in [5.74, 6) is 0. The molecule has 3 heteroatoms. The van der Waals surface area contributed by atoms with E-state index in [2.05, 4.69) is 15.9 Å². The van der Waals surface area contributed by atoms with Crippen molar-refractivity contribution in [2.75, 3.05) is 0 Å². The Morgan fingerprint density at radius 1 is 0.870 bits per heavy atom. The molecule has 0 N–H and O–H groups in total. The van der Waals surface area contributed by atoms with Crippen LogP contribution in [0, 0.1) is 27.7 Å². The minimum atomic E-state index is -0.168. The van der Waals surface area contributed by atoms with Crippen LogP contribution in [0.5, 0.6) is 0 Å². The molecule has 122 valence electrons. The monoisotopic (exact) mass is 374 g/mol. The highest BCUT2D eigenvalue weighted by molar-refractivity contribution is 9.09. The van der Waals surface area contributed by atoms with E-state index in [1.165, 1.54) is 16.7 Å². The smallest absolute Gasteiger partial charge is 0.138 e. The Morgan fingerprint density at radius 2 is 1.30 bits per heavy atom. The maximum Gasteiger partial charge on any atom is 0.138 e. The predicted molar refractivity (Wildman–Crippen MR) is 99.3 cm³/mol. The summed E-state index contributed by atoms with van der Waals surface area (Å²) in [6.45, 7) is 8.10. The fourth-order valence-electron chi connectivity index (χ4n) is 2.58. The van der Waals surface area contributed by atoms with Gasteiger partial charge in [-0.15, -0.1) is 0 Å². The van der Waals surface area contributed by atoms with E-state index in [0.29, 0.717) is 6.42 Å². The second kappa shape index (κ2) is 9.41. The van der Waals surface area contributed by atoms with Gasteiger partial charge in [-0.1, -0.05) is 52.3 Å². The summed E-state index contributed by atoms with van der Waals surface area (Å²) in [4.78, 5) is 20.7. The van der Waals surface area contributed by atoms with E-state index in [0.717, 1.165) is 29.3 Å². The molecule has 2 aromatic carbocycles. The zero-order chi connectivity index (χ0) is 17.4. The van der Waals surface area contributed by atoms with Crippen molar-refractivity contribution in [2.45, 2.75) is 38.9 Å². The van der Waals surface area contributed by atoms with Crippen LogP contribution in [0.25, 0.3) is 0 Å². The van der Waals surface area contributed by atoms with Gasteiger partial charge in [0, 0.05) is 6.42 Å². The molecule has 0 radical (unpaired) electrons.